The third-order valence-electron chi connectivity index (χ3n) is 13.5. The molecule has 0 amide bonds. The molecule has 2 unspecified atom stereocenters. The fourth-order valence-corrected chi connectivity index (χ4v) is 13.1. The number of rotatable bonds is 33. The summed E-state index contributed by atoms with van der Waals surface area (Å²) in [5, 5.41) is 18.8. The van der Waals surface area contributed by atoms with Crippen LogP contribution in [0.15, 0.2) is 95.0 Å². The first kappa shape index (κ1) is 66.3. The largest absolute Gasteiger partial charge is 0.380 e. The molecule has 0 aliphatic carbocycles. The molecule has 0 fully saturated rings. The third kappa shape index (κ3) is 20.8. The Labute approximate surface area is 507 Å². The van der Waals surface area contributed by atoms with Crippen LogP contribution in [0, 0.1) is 0 Å². The van der Waals surface area contributed by atoms with Crippen molar-refractivity contribution in [1.82, 2.24) is 44.5 Å². The number of likely N-dealkylation sites (N-methyl/N-ethyl adjacent to an activating group) is 2. The van der Waals surface area contributed by atoms with Gasteiger partial charge >= 0.3 is 0 Å². The van der Waals surface area contributed by atoms with Gasteiger partial charge in [-0.3, -0.25) is 0 Å². The average Bonchev–Trinajstić information content (AvgIpc) is 3.77. The van der Waals surface area contributed by atoms with Crippen LogP contribution in [-0.2, 0) is 92.4 Å². The fourth-order valence-electron chi connectivity index (χ4n) is 9.54. The van der Waals surface area contributed by atoms with Crippen LogP contribution in [0.3, 0.4) is 0 Å². The molecule has 0 saturated heterocycles. The summed E-state index contributed by atoms with van der Waals surface area (Å²) in [5.41, 5.74) is 7.41. The molecule has 8 rings (SSSR count). The number of aromatic nitrogens is 6. The van der Waals surface area contributed by atoms with Crippen molar-refractivity contribution in [3.63, 3.8) is 0 Å². The highest BCUT2D eigenvalue weighted by Gasteiger charge is 2.30. The SMILES string of the molecule is CCOCCOCCCS(=O)(=O)c1cccc(C2CN(C)Cc3c(Cl)cc(Cl)cc32)c1.CCOCCn1cc(COCc2cn(CCOCCOCCOCCNS(=O)(=O)c3cccc(C4CN(C)Cc5c(Cl)cc(Cl)cc54)c3)nn2)nn1. The summed E-state index contributed by atoms with van der Waals surface area (Å²) in [6, 6.07) is 21.6. The van der Waals surface area contributed by atoms with E-state index < -0.39 is 19.9 Å². The van der Waals surface area contributed by atoms with Crippen LogP contribution < -0.4 is 4.72 Å². The minimum absolute atomic E-state index is 0.00185. The van der Waals surface area contributed by atoms with Crippen molar-refractivity contribution in [1.29, 1.82) is 0 Å². The van der Waals surface area contributed by atoms with Gasteiger partial charge < -0.3 is 43.0 Å². The van der Waals surface area contributed by atoms with Crippen LogP contribution in [0.1, 0.15) is 76.9 Å². The highest BCUT2D eigenvalue weighted by atomic mass is 35.5. The maximum atomic E-state index is 13.1. The van der Waals surface area contributed by atoms with Crippen LogP contribution in [0.25, 0.3) is 0 Å². The number of fused-ring (bicyclic) bond motifs is 2. The van der Waals surface area contributed by atoms with Gasteiger partial charge in [-0.1, -0.05) is 81.1 Å². The fraction of sp³-hybridized carbons (Fsp3) is 0.509. The standard InChI is InChI=1S/C34H46Cl2N8O7S.C23H29Cl2NO4S/c1-3-47-11-8-43-20-28(38-40-43)24-51-25-29-21-44(41-39-29)9-12-49-14-16-50-15-13-48-10-7-37-52(45,46)30-6-4-5-26(17-30)32-22-42(2)23-33-31(32)18-27(35)19-34(33)36;1-3-29-9-10-30-8-5-11-31(27,28)19-7-4-6-17(12-19)21-15-26(2)16-22-20(21)13-18(24)14-23(22)25/h4-6,17-21,32,37H,3,7-16,22-25H2,1-2H3;4,6-7,12-14,21H,3,5,8-11,15-16H2,1-2H3. The summed E-state index contributed by atoms with van der Waals surface area (Å²) in [6.45, 7) is 14.2. The Balaban J connectivity index is 0.000000272. The number of hydrogen-bond acceptors (Lipinski definition) is 17. The zero-order valence-corrected chi connectivity index (χ0v) is 52.1. The molecule has 4 heterocycles. The highest BCUT2D eigenvalue weighted by molar-refractivity contribution is 7.91. The number of sulfonamides is 1. The van der Waals surface area contributed by atoms with Gasteiger partial charge in [0.1, 0.15) is 11.4 Å². The summed E-state index contributed by atoms with van der Waals surface area (Å²) in [4.78, 5) is 4.88. The predicted octanol–water partition coefficient (Wildman–Crippen LogP) is 8.32. The zero-order valence-electron chi connectivity index (χ0n) is 47.4. The van der Waals surface area contributed by atoms with Crippen molar-refractivity contribution in [3.05, 3.63) is 150 Å². The predicted molar refractivity (Wildman–Crippen MR) is 319 cm³/mol. The molecular formula is C57H75Cl4N9O11S2. The Hall–Kier alpha value is -4.18. The molecule has 2 aliphatic heterocycles. The number of nitrogens with zero attached hydrogens (tertiary/aromatic N) is 8. The molecule has 2 atom stereocenters. The molecule has 26 heteroatoms. The van der Waals surface area contributed by atoms with Crippen LogP contribution in [-0.4, -0.2) is 175 Å². The topological polar surface area (TPSA) is 213 Å². The van der Waals surface area contributed by atoms with Gasteiger partial charge in [-0.2, -0.15) is 0 Å². The molecule has 0 radical (unpaired) electrons. The van der Waals surface area contributed by atoms with Crippen molar-refractivity contribution in [2.24, 2.45) is 0 Å². The average molecular weight is 1270 g/mol. The number of halogens is 4. The quantitative estimate of drug-likeness (QED) is 0.0384. The van der Waals surface area contributed by atoms with E-state index in [0.29, 0.717) is 149 Å². The maximum Gasteiger partial charge on any atom is 0.240 e. The van der Waals surface area contributed by atoms with E-state index in [4.69, 9.17) is 79.6 Å². The monoisotopic (exact) mass is 1270 g/mol. The van der Waals surface area contributed by atoms with Gasteiger partial charge in [0.05, 0.1) is 114 Å². The number of hydrogen-bond donors (Lipinski definition) is 1. The second-order valence-electron chi connectivity index (χ2n) is 19.9. The lowest BCUT2D eigenvalue weighted by Crippen LogP contribution is -2.31. The lowest BCUT2D eigenvalue weighted by molar-refractivity contribution is 0.0137. The van der Waals surface area contributed by atoms with Gasteiger partial charge in [0.25, 0.3) is 0 Å². The summed E-state index contributed by atoms with van der Waals surface area (Å²) >= 11 is 25.6. The highest BCUT2D eigenvalue weighted by Crippen LogP contribution is 2.40. The molecule has 4 aromatic carbocycles. The Morgan fingerprint density at radius 3 is 1.55 bits per heavy atom. The molecule has 83 heavy (non-hydrogen) atoms. The lowest BCUT2D eigenvalue weighted by atomic mass is 9.85. The van der Waals surface area contributed by atoms with Gasteiger partial charge in [0.2, 0.25) is 10.0 Å². The van der Waals surface area contributed by atoms with Crippen molar-refractivity contribution in [2.45, 2.75) is 81.3 Å². The smallest absolute Gasteiger partial charge is 0.240 e. The van der Waals surface area contributed by atoms with Gasteiger partial charge in [-0.05, 0) is 116 Å². The van der Waals surface area contributed by atoms with E-state index in [1.807, 2.05) is 64.6 Å². The Bertz CT molecular complexity index is 3210. The van der Waals surface area contributed by atoms with E-state index in [-0.39, 0.29) is 35.6 Å². The molecule has 6 aromatic rings. The van der Waals surface area contributed by atoms with Crippen LogP contribution >= 0.6 is 46.4 Å². The van der Waals surface area contributed by atoms with Crippen LogP contribution in [0.2, 0.25) is 20.1 Å². The number of ether oxygens (including phenoxy) is 7. The van der Waals surface area contributed by atoms with Gasteiger partial charge in [-0.15, -0.1) is 10.2 Å². The van der Waals surface area contributed by atoms with Crippen LogP contribution in [0.5, 0.6) is 0 Å². The Morgan fingerprint density at radius 1 is 0.554 bits per heavy atom. The molecule has 2 aliphatic rings. The molecule has 20 nitrogen and oxygen atoms in total. The second-order valence-corrected chi connectivity index (χ2v) is 25.5. The van der Waals surface area contributed by atoms with E-state index in [0.717, 1.165) is 52.2 Å². The molecule has 454 valence electrons. The first-order chi connectivity index (χ1) is 40.0. The minimum atomic E-state index is -3.74. The third-order valence-corrected chi connectivity index (χ3v) is 17.9. The molecule has 0 spiro atoms. The molecule has 0 bridgehead atoms. The normalized spacial score (nSPS) is 15.7. The van der Waals surface area contributed by atoms with Gasteiger partial charge in [0.15, 0.2) is 9.84 Å². The molecule has 2 aromatic heterocycles. The van der Waals surface area contributed by atoms with Crippen molar-refractivity contribution >= 4 is 66.3 Å². The first-order valence-corrected chi connectivity index (χ1v) is 32.3. The number of sulfone groups is 1. The minimum Gasteiger partial charge on any atom is -0.380 e. The van der Waals surface area contributed by atoms with E-state index >= 15 is 0 Å². The molecule has 0 saturated carbocycles. The van der Waals surface area contributed by atoms with Gasteiger partial charge in [0, 0.05) is 84.5 Å². The maximum absolute atomic E-state index is 13.1. The van der Waals surface area contributed by atoms with E-state index in [1.54, 1.807) is 57.9 Å². The molecular weight excluding hydrogens is 1190 g/mol. The van der Waals surface area contributed by atoms with Gasteiger partial charge in [-0.25, -0.2) is 30.9 Å². The van der Waals surface area contributed by atoms with E-state index in [2.05, 4.69) is 35.1 Å². The van der Waals surface area contributed by atoms with Crippen molar-refractivity contribution in [3.8, 4) is 0 Å². The summed E-state index contributed by atoms with van der Waals surface area (Å²) in [6.07, 6.45) is 4.10. The summed E-state index contributed by atoms with van der Waals surface area (Å²) in [7, 11) is -3.10. The summed E-state index contributed by atoms with van der Waals surface area (Å²) in [5.74, 6) is -0.0172. The van der Waals surface area contributed by atoms with Crippen molar-refractivity contribution < 1.29 is 50.0 Å². The van der Waals surface area contributed by atoms with E-state index in [9.17, 15) is 16.8 Å². The van der Waals surface area contributed by atoms with E-state index in [1.165, 1.54) is 0 Å². The second kappa shape index (κ2) is 33.7. The van der Waals surface area contributed by atoms with Crippen LogP contribution in [0.4, 0.5) is 0 Å². The van der Waals surface area contributed by atoms with Crippen molar-refractivity contribution in [2.75, 3.05) is 119 Å². The number of benzene rings is 4. The Kier molecular flexibility index (Phi) is 26.9. The summed E-state index contributed by atoms with van der Waals surface area (Å²) < 4.78 is 96.4. The number of nitrogens with one attached hydrogen (secondary N) is 1. The Morgan fingerprint density at radius 2 is 1.01 bits per heavy atom. The molecule has 1 N–H and O–H groups in total. The first-order valence-electron chi connectivity index (χ1n) is 27.6. The lowest BCUT2D eigenvalue weighted by Gasteiger charge is -2.33. The zero-order chi connectivity index (χ0) is 59.2.